The van der Waals surface area contributed by atoms with E-state index in [2.05, 4.69) is 43.5 Å². The molecule has 9 heteroatoms. The van der Waals surface area contributed by atoms with E-state index >= 15 is 0 Å². The molecule has 0 bridgehead atoms. The lowest BCUT2D eigenvalue weighted by Gasteiger charge is -2.40. The molecule has 0 aliphatic carbocycles. The molecular formula is C62H117NO8. The summed E-state index contributed by atoms with van der Waals surface area (Å²) in [6, 6.07) is -0.825. The van der Waals surface area contributed by atoms with Gasteiger partial charge in [0.05, 0.1) is 25.4 Å². The Balaban J connectivity index is 2.02. The maximum Gasteiger partial charge on any atom is 0.220 e. The van der Waals surface area contributed by atoms with Crippen molar-refractivity contribution in [1.29, 1.82) is 0 Å². The highest BCUT2D eigenvalue weighted by Crippen LogP contribution is 2.23. The van der Waals surface area contributed by atoms with Gasteiger partial charge >= 0.3 is 0 Å². The lowest BCUT2D eigenvalue weighted by molar-refractivity contribution is -0.302. The Morgan fingerprint density at radius 1 is 0.465 bits per heavy atom. The van der Waals surface area contributed by atoms with Crippen LogP contribution in [-0.4, -0.2) is 87.5 Å². The number of amides is 1. The van der Waals surface area contributed by atoms with Gasteiger partial charge in [0.15, 0.2) is 6.29 Å². The number of carbonyl (C=O) groups is 1. The minimum absolute atomic E-state index is 0.188. The first-order valence-corrected chi connectivity index (χ1v) is 30.7. The number of aliphatic hydroxyl groups excluding tert-OH is 5. The summed E-state index contributed by atoms with van der Waals surface area (Å²) in [5.74, 6) is -0.188. The van der Waals surface area contributed by atoms with Gasteiger partial charge in [-0.3, -0.25) is 4.79 Å². The van der Waals surface area contributed by atoms with Crippen molar-refractivity contribution in [2.45, 2.75) is 339 Å². The van der Waals surface area contributed by atoms with E-state index in [-0.39, 0.29) is 12.5 Å². The van der Waals surface area contributed by atoms with Crippen molar-refractivity contribution in [3.8, 4) is 0 Å². The number of allylic oxidation sites excluding steroid dienone is 5. The SMILES string of the molecule is CCC/C=C/CC/C=C/CC/C=C/C(O)C(COC1OC(CO)C(O)C(O)C1O)NC(=O)CCCCCCCCCCCCCCCCCCCCCCCCCCCCCCCCCCCCCCC. The highest BCUT2D eigenvalue weighted by Gasteiger charge is 2.44. The van der Waals surface area contributed by atoms with E-state index in [1.807, 2.05) is 6.08 Å². The second kappa shape index (κ2) is 51.9. The Labute approximate surface area is 438 Å². The number of unbranched alkanes of at least 4 members (excludes halogenated alkanes) is 39. The summed E-state index contributed by atoms with van der Waals surface area (Å²) in [6.07, 6.45) is 61.3. The van der Waals surface area contributed by atoms with Gasteiger partial charge in [-0.25, -0.2) is 0 Å². The third kappa shape index (κ3) is 41.4. The molecule has 7 unspecified atom stereocenters. The van der Waals surface area contributed by atoms with Crippen LogP contribution in [0.2, 0.25) is 0 Å². The van der Waals surface area contributed by atoms with E-state index in [1.54, 1.807) is 6.08 Å². The molecule has 1 fully saturated rings. The molecule has 0 aromatic rings. The molecule has 1 amide bonds. The molecule has 1 aliphatic heterocycles. The molecule has 1 saturated heterocycles. The molecule has 0 saturated carbocycles. The molecule has 0 aromatic heterocycles. The minimum Gasteiger partial charge on any atom is -0.394 e. The zero-order valence-electron chi connectivity index (χ0n) is 46.5. The van der Waals surface area contributed by atoms with Gasteiger partial charge in [-0.15, -0.1) is 0 Å². The molecule has 1 rings (SSSR count). The van der Waals surface area contributed by atoms with Crippen LogP contribution in [0.5, 0.6) is 0 Å². The Kier molecular flexibility index (Phi) is 49.3. The number of rotatable bonds is 53. The average molecular weight is 1000 g/mol. The summed E-state index contributed by atoms with van der Waals surface area (Å²) < 4.78 is 11.2. The van der Waals surface area contributed by atoms with Crippen molar-refractivity contribution in [2.24, 2.45) is 0 Å². The summed E-state index contributed by atoms with van der Waals surface area (Å²) >= 11 is 0. The first-order chi connectivity index (χ1) is 34.8. The normalized spacial score (nSPS) is 19.5. The Bertz CT molecular complexity index is 1210. The van der Waals surface area contributed by atoms with Crippen molar-refractivity contribution in [2.75, 3.05) is 13.2 Å². The first kappa shape index (κ1) is 67.4. The number of hydrogen-bond donors (Lipinski definition) is 6. The van der Waals surface area contributed by atoms with Crippen LogP contribution in [0.15, 0.2) is 36.5 Å². The molecule has 7 atom stereocenters. The quantitative estimate of drug-likeness (QED) is 0.0261. The highest BCUT2D eigenvalue weighted by molar-refractivity contribution is 5.76. The standard InChI is InChI=1S/C62H117NO8/c1-3-5-7-9-11-13-15-16-17-18-19-20-21-22-23-24-25-26-27-28-29-30-31-32-33-34-35-36-37-38-39-40-42-44-46-48-50-52-58(66)63-55(54-70-62-61(69)60(68)59(67)57(53-64)71-62)56(65)51-49-47-45-43-41-14-12-10-8-6-4-2/h8,10,41,43,49,51,55-57,59-62,64-65,67-69H,3-7,9,11-40,42,44-48,50,52-54H2,1-2H3,(H,63,66)/b10-8+,43-41+,51-49+. The maximum atomic E-state index is 13.0. The van der Waals surface area contributed by atoms with E-state index < -0.39 is 49.5 Å². The molecule has 418 valence electrons. The van der Waals surface area contributed by atoms with E-state index in [1.165, 1.54) is 218 Å². The summed E-state index contributed by atoms with van der Waals surface area (Å²) in [5, 5.41) is 54.3. The van der Waals surface area contributed by atoms with Crippen LogP contribution in [0.3, 0.4) is 0 Å². The van der Waals surface area contributed by atoms with Crippen molar-refractivity contribution < 1.29 is 39.8 Å². The zero-order valence-corrected chi connectivity index (χ0v) is 46.5. The maximum absolute atomic E-state index is 13.0. The fourth-order valence-corrected chi connectivity index (χ4v) is 9.85. The smallest absolute Gasteiger partial charge is 0.220 e. The predicted octanol–water partition coefficient (Wildman–Crippen LogP) is 15.5. The number of ether oxygens (including phenoxy) is 2. The molecule has 0 spiro atoms. The number of hydrogen-bond acceptors (Lipinski definition) is 8. The predicted molar refractivity (Wildman–Crippen MR) is 300 cm³/mol. The van der Waals surface area contributed by atoms with Gasteiger partial charge in [-0.1, -0.05) is 288 Å². The molecule has 6 N–H and O–H groups in total. The van der Waals surface area contributed by atoms with Crippen molar-refractivity contribution in [1.82, 2.24) is 5.32 Å². The van der Waals surface area contributed by atoms with Gasteiger partial charge < -0.3 is 40.3 Å². The summed E-state index contributed by atoms with van der Waals surface area (Å²) in [5.41, 5.74) is 0. The fourth-order valence-electron chi connectivity index (χ4n) is 9.85. The van der Waals surface area contributed by atoms with Gasteiger partial charge in [0.2, 0.25) is 5.91 Å². The van der Waals surface area contributed by atoms with Crippen LogP contribution in [-0.2, 0) is 14.3 Å². The van der Waals surface area contributed by atoms with Crippen LogP contribution >= 0.6 is 0 Å². The average Bonchev–Trinajstić information content (AvgIpc) is 3.37. The monoisotopic (exact) mass is 1000 g/mol. The third-order valence-corrected chi connectivity index (χ3v) is 14.7. The van der Waals surface area contributed by atoms with E-state index in [0.717, 1.165) is 57.8 Å². The fraction of sp³-hybridized carbons (Fsp3) is 0.887. The van der Waals surface area contributed by atoms with E-state index in [4.69, 9.17) is 9.47 Å². The highest BCUT2D eigenvalue weighted by atomic mass is 16.7. The third-order valence-electron chi connectivity index (χ3n) is 14.7. The van der Waals surface area contributed by atoms with Gasteiger partial charge in [0.25, 0.3) is 0 Å². The van der Waals surface area contributed by atoms with Crippen LogP contribution in [0.4, 0.5) is 0 Å². The summed E-state index contributed by atoms with van der Waals surface area (Å²) in [6.45, 7) is 3.70. The van der Waals surface area contributed by atoms with E-state index in [0.29, 0.717) is 6.42 Å². The lowest BCUT2D eigenvalue weighted by atomic mass is 9.99. The molecule has 0 aromatic carbocycles. The Morgan fingerprint density at radius 2 is 0.803 bits per heavy atom. The lowest BCUT2D eigenvalue weighted by Crippen LogP contribution is -2.60. The van der Waals surface area contributed by atoms with Crippen LogP contribution in [0, 0.1) is 0 Å². The van der Waals surface area contributed by atoms with Gasteiger partial charge in [-0.05, 0) is 38.5 Å². The van der Waals surface area contributed by atoms with Crippen LogP contribution in [0.25, 0.3) is 0 Å². The number of carbonyl (C=O) groups excluding carboxylic acids is 1. The van der Waals surface area contributed by atoms with Gasteiger partial charge in [-0.2, -0.15) is 0 Å². The Hall–Kier alpha value is -1.59. The second-order valence-electron chi connectivity index (χ2n) is 21.5. The Morgan fingerprint density at radius 3 is 1.15 bits per heavy atom. The molecule has 1 aliphatic rings. The van der Waals surface area contributed by atoms with Crippen LogP contribution in [0.1, 0.15) is 296 Å². The second-order valence-corrected chi connectivity index (χ2v) is 21.5. The topological polar surface area (TPSA) is 149 Å². The molecular weight excluding hydrogens is 887 g/mol. The minimum atomic E-state index is -1.57. The van der Waals surface area contributed by atoms with Crippen molar-refractivity contribution in [3.05, 3.63) is 36.5 Å². The number of aliphatic hydroxyl groups is 5. The largest absolute Gasteiger partial charge is 0.394 e. The number of nitrogens with one attached hydrogen (secondary N) is 1. The van der Waals surface area contributed by atoms with Crippen molar-refractivity contribution >= 4 is 5.91 Å². The summed E-state index contributed by atoms with van der Waals surface area (Å²) in [7, 11) is 0. The molecule has 1 heterocycles. The zero-order chi connectivity index (χ0) is 51.5. The van der Waals surface area contributed by atoms with Crippen molar-refractivity contribution in [3.63, 3.8) is 0 Å². The summed E-state index contributed by atoms with van der Waals surface area (Å²) in [4.78, 5) is 13.0. The van der Waals surface area contributed by atoms with Gasteiger partial charge in [0, 0.05) is 6.42 Å². The first-order valence-electron chi connectivity index (χ1n) is 30.7. The molecule has 9 nitrogen and oxygen atoms in total. The van der Waals surface area contributed by atoms with Crippen LogP contribution < -0.4 is 5.32 Å². The molecule has 0 radical (unpaired) electrons. The van der Waals surface area contributed by atoms with Gasteiger partial charge in [0.1, 0.15) is 24.4 Å². The molecule has 71 heavy (non-hydrogen) atoms. The van der Waals surface area contributed by atoms with E-state index in [9.17, 15) is 30.3 Å².